The number of benzene rings is 2. The van der Waals surface area contributed by atoms with E-state index in [0.717, 1.165) is 16.0 Å². The summed E-state index contributed by atoms with van der Waals surface area (Å²) in [5.74, 6) is -2.24. The van der Waals surface area contributed by atoms with Gasteiger partial charge in [-0.3, -0.25) is 9.59 Å². The van der Waals surface area contributed by atoms with E-state index >= 15 is 0 Å². The number of carbonyl (C=O) groups excluding carboxylic acids is 3. The zero-order valence-corrected chi connectivity index (χ0v) is 18.0. The van der Waals surface area contributed by atoms with Crippen LogP contribution in [0.5, 0.6) is 5.75 Å². The summed E-state index contributed by atoms with van der Waals surface area (Å²) in [5.41, 5.74) is 0.540. The van der Waals surface area contributed by atoms with Crippen LogP contribution in [0.4, 0.5) is 14.9 Å². The number of hydrogen-bond donors (Lipinski definition) is 0. The molecule has 0 spiro atoms. The predicted molar refractivity (Wildman–Crippen MR) is 113 cm³/mol. The molecule has 2 saturated heterocycles. The van der Waals surface area contributed by atoms with Crippen molar-refractivity contribution in [2.24, 2.45) is 11.8 Å². The van der Waals surface area contributed by atoms with Gasteiger partial charge in [-0.2, -0.15) is 0 Å². The number of hydrogen-bond acceptors (Lipinski definition) is 5. The first-order valence-corrected chi connectivity index (χ1v) is 10.6. The summed E-state index contributed by atoms with van der Waals surface area (Å²) in [4.78, 5) is 43.1. The van der Waals surface area contributed by atoms with Crippen LogP contribution in [0.2, 0.25) is 0 Å². The fourth-order valence-electron chi connectivity index (χ4n) is 5.43. The lowest BCUT2D eigenvalue weighted by Crippen LogP contribution is -2.51. The molecule has 166 valence electrons. The highest BCUT2D eigenvalue weighted by Crippen LogP contribution is 2.58. The van der Waals surface area contributed by atoms with Crippen molar-refractivity contribution in [3.05, 3.63) is 59.4 Å². The second-order valence-corrected chi connectivity index (χ2v) is 8.61. The number of fused-ring (bicyclic) bond motifs is 5. The number of halogens is 1. The summed E-state index contributed by atoms with van der Waals surface area (Å²) in [6.45, 7) is 5.60. The van der Waals surface area contributed by atoms with Gasteiger partial charge in [-0.25, -0.2) is 14.1 Å². The summed E-state index contributed by atoms with van der Waals surface area (Å²) < 4.78 is 24.8. The monoisotopic (exact) mass is 438 g/mol. The number of esters is 1. The number of carbonyl (C=O) groups is 3. The minimum absolute atomic E-state index is 0.156. The molecule has 4 atom stereocenters. The van der Waals surface area contributed by atoms with Gasteiger partial charge in [0.1, 0.15) is 17.1 Å². The van der Waals surface area contributed by atoms with E-state index in [1.54, 1.807) is 13.8 Å². The molecule has 8 heteroatoms. The second-order valence-electron chi connectivity index (χ2n) is 8.61. The molecule has 5 rings (SSSR count). The summed E-state index contributed by atoms with van der Waals surface area (Å²) >= 11 is 0. The van der Waals surface area contributed by atoms with Crippen molar-refractivity contribution in [1.82, 2.24) is 4.90 Å². The van der Waals surface area contributed by atoms with Crippen molar-refractivity contribution in [2.75, 3.05) is 18.1 Å². The van der Waals surface area contributed by atoms with Crippen molar-refractivity contribution in [1.29, 1.82) is 0 Å². The molecule has 0 radical (unpaired) electrons. The van der Waals surface area contributed by atoms with Crippen molar-refractivity contribution in [3.8, 4) is 5.75 Å². The Morgan fingerprint density at radius 2 is 1.94 bits per heavy atom. The fraction of sp³-hybridized carbons (Fsp3) is 0.375. The van der Waals surface area contributed by atoms with Crippen molar-refractivity contribution >= 4 is 23.6 Å². The Bertz CT molecular complexity index is 1130. The molecule has 2 aromatic rings. The zero-order valence-electron chi connectivity index (χ0n) is 18.0. The van der Waals surface area contributed by atoms with E-state index in [1.165, 1.54) is 29.2 Å². The molecule has 7 nitrogen and oxygen atoms in total. The van der Waals surface area contributed by atoms with Crippen molar-refractivity contribution < 1.29 is 28.2 Å². The van der Waals surface area contributed by atoms with Gasteiger partial charge in [-0.15, -0.1) is 0 Å². The predicted octanol–water partition coefficient (Wildman–Crippen LogP) is 3.60. The third-order valence-corrected chi connectivity index (χ3v) is 6.79. The van der Waals surface area contributed by atoms with Gasteiger partial charge in [0.2, 0.25) is 0 Å². The zero-order chi connectivity index (χ0) is 22.8. The topological polar surface area (TPSA) is 76.2 Å². The van der Waals surface area contributed by atoms with E-state index in [4.69, 9.17) is 9.47 Å². The van der Waals surface area contributed by atoms with Gasteiger partial charge >= 0.3 is 12.0 Å². The maximum atomic E-state index is 13.8. The minimum atomic E-state index is -1.46. The van der Waals surface area contributed by atoms with Crippen LogP contribution in [-0.4, -0.2) is 41.6 Å². The lowest BCUT2D eigenvalue weighted by Gasteiger charge is -2.34. The number of anilines is 1. The summed E-state index contributed by atoms with van der Waals surface area (Å²) in [7, 11) is 0. The molecule has 0 aromatic heterocycles. The van der Waals surface area contributed by atoms with E-state index in [-0.39, 0.29) is 18.9 Å². The van der Waals surface area contributed by atoms with Crippen LogP contribution in [0, 0.1) is 24.6 Å². The Morgan fingerprint density at radius 3 is 2.62 bits per heavy atom. The van der Waals surface area contributed by atoms with Gasteiger partial charge in [0, 0.05) is 11.5 Å². The molecule has 0 bridgehead atoms. The van der Waals surface area contributed by atoms with Crippen LogP contribution in [0.1, 0.15) is 31.0 Å². The Balaban J connectivity index is 1.69. The Kier molecular flexibility index (Phi) is 4.51. The van der Waals surface area contributed by atoms with Gasteiger partial charge in [0.25, 0.3) is 5.91 Å². The van der Waals surface area contributed by atoms with Gasteiger partial charge in [0.05, 0.1) is 30.9 Å². The summed E-state index contributed by atoms with van der Waals surface area (Å²) in [6, 6.07) is 9.78. The molecule has 2 fully saturated rings. The molecular weight excluding hydrogens is 415 g/mol. The summed E-state index contributed by atoms with van der Waals surface area (Å²) in [5, 5.41) is 0. The fourth-order valence-corrected chi connectivity index (χ4v) is 5.43. The van der Waals surface area contributed by atoms with Gasteiger partial charge in [-0.1, -0.05) is 17.7 Å². The molecule has 0 saturated carbocycles. The van der Waals surface area contributed by atoms with Crippen LogP contribution in [0.15, 0.2) is 42.5 Å². The van der Waals surface area contributed by atoms with E-state index in [1.807, 2.05) is 25.1 Å². The maximum Gasteiger partial charge on any atom is 0.332 e. The first kappa shape index (κ1) is 20.5. The van der Waals surface area contributed by atoms with Crippen LogP contribution >= 0.6 is 0 Å². The number of urea groups is 1. The average molecular weight is 438 g/mol. The average Bonchev–Trinajstić information content (AvgIpc) is 3.14. The van der Waals surface area contributed by atoms with Crippen molar-refractivity contribution in [3.63, 3.8) is 0 Å². The highest BCUT2D eigenvalue weighted by molar-refractivity contribution is 6.24. The molecule has 3 heterocycles. The molecular formula is C24H23FN2O5. The lowest BCUT2D eigenvalue weighted by molar-refractivity contribution is -0.154. The van der Waals surface area contributed by atoms with E-state index in [9.17, 15) is 18.8 Å². The maximum absolute atomic E-state index is 13.8. The minimum Gasteiger partial charge on any atom is -0.493 e. The van der Waals surface area contributed by atoms with E-state index in [2.05, 4.69) is 0 Å². The smallest absolute Gasteiger partial charge is 0.332 e. The largest absolute Gasteiger partial charge is 0.493 e. The molecule has 0 unspecified atom stereocenters. The first-order valence-electron chi connectivity index (χ1n) is 10.6. The SMILES string of the molecule is CCOC(=O)[C@@H]1[C@H]2COc3ccc(C)cc3[C@H]2N2C(=O)N(c3ccc(F)cc3)C(=O)[C@]12C. The lowest BCUT2D eigenvalue weighted by atomic mass is 9.77. The molecule has 3 aliphatic rings. The van der Waals surface area contributed by atoms with Crippen LogP contribution in [0.25, 0.3) is 0 Å². The first-order chi connectivity index (χ1) is 15.3. The van der Waals surface area contributed by atoms with Crippen molar-refractivity contribution in [2.45, 2.75) is 32.4 Å². The van der Waals surface area contributed by atoms with Crippen LogP contribution < -0.4 is 9.64 Å². The van der Waals surface area contributed by atoms with Gasteiger partial charge < -0.3 is 14.4 Å². The molecule has 0 N–H and O–H groups in total. The number of ether oxygens (including phenoxy) is 2. The molecule has 3 aliphatic heterocycles. The molecule has 3 amide bonds. The Hall–Kier alpha value is -3.42. The number of aryl methyl sites for hydroxylation is 1. The molecule has 32 heavy (non-hydrogen) atoms. The normalized spacial score (nSPS) is 28.2. The standard InChI is InChI=1S/C24H23FN2O5/c1-4-31-21(28)19-17-12-32-18-10-5-13(2)11-16(18)20(17)27-23(30)26(22(29)24(19,27)3)15-8-6-14(25)7-9-15/h5-11,17,19-20H,4,12H2,1-3H3/t17-,19+,20-,24+/m1/s1. The van der Waals surface area contributed by atoms with Gasteiger partial charge in [-0.05, 0) is 51.1 Å². The molecule has 2 aromatic carbocycles. The quantitative estimate of drug-likeness (QED) is 0.541. The number of imide groups is 1. The molecule has 0 aliphatic carbocycles. The second kappa shape index (κ2) is 7.05. The number of nitrogens with zero attached hydrogens (tertiary/aromatic N) is 2. The third-order valence-electron chi connectivity index (χ3n) is 6.79. The van der Waals surface area contributed by atoms with E-state index < -0.39 is 47.1 Å². The van der Waals surface area contributed by atoms with Crippen LogP contribution in [-0.2, 0) is 14.3 Å². The summed E-state index contributed by atoms with van der Waals surface area (Å²) in [6.07, 6.45) is 0. The Morgan fingerprint density at radius 1 is 1.22 bits per heavy atom. The van der Waals surface area contributed by atoms with E-state index in [0.29, 0.717) is 5.75 Å². The van der Waals surface area contributed by atoms with Crippen LogP contribution in [0.3, 0.4) is 0 Å². The number of amides is 3. The number of rotatable bonds is 3. The van der Waals surface area contributed by atoms with Gasteiger partial charge in [0.15, 0.2) is 0 Å². The highest BCUT2D eigenvalue weighted by atomic mass is 19.1. The highest BCUT2D eigenvalue weighted by Gasteiger charge is 2.72. The third kappa shape index (κ3) is 2.61. The Labute approximate surface area is 184 Å².